The van der Waals surface area contributed by atoms with Crippen molar-refractivity contribution >= 4 is 36.4 Å². The van der Waals surface area contributed by atoms with Crippen molar-refractivity contribution in [2.24, 2.45) is 5.73 Å². The average Bonchev–Trinajstić information content (AvgIpc) is 2.18. The van der Waals surface area contributed by atoms with Crippen molar-refractivity contribution in [1.29, 1.82) is 0 Å². The van der Waals surface area contributed by atoms with Crippen LogP contribution in [0.25, 0.3) is 0 Å². The molecule has 1 heterocycles. The Morgan fingerprint density at radius 3 is 2.47 bits per heavy atom. The second-order valence-electron chi connectivity index (χ2n) is 4.42. The van der Waals surface area contributed by atoms with E-state index in [1.165, 1.54) is 5.56 Å². The first-order chi connectivity index (χ1) is 7.18. The molecule has 17 heavy (non-hydrogen) atoms. The van der Waals surface area contributed by atoms with Crippen LogP contribution in [0.15, 0.2) is 24.3 Å². The Bertz CT molecular complexity index is 338. The van der Waals surface area contributed by atoms with Crippen molar-refractivity contribution < 1.29 is 0 Å². The van der Waals surface area contributed by atoms with E-state index in [1.807, 2.05) is 18.2 Å². The third-order valence-electron chi connectivity index (χ3n) is 3.04. The lowest BCUT2D eigenvalue weighted by atomic mass is 9.83. The van der Waals surface area contributed by atoms with E-state index in [1.54, 1.807) is 0 Å². The molecule has 1 aliphatic heterocycles. The van der Waals surface area contributed by atoms with Gasteiger partial charge in [0.1, 0.15) is 0 Å². The van der Waals surface area contributed by atoms with Crippen LogP contribution in [0.3, 0.4) is 0 Å². The van der Waals surface area contributed by atoms with Crippen LogP contribution in [0.5, 0.6) is 0 Å². The normalized spacial score (nSPS) is 17.8. The number of rotatable bonds is 2. The Balaban J connectivity index is 0.00000128. The van der Waals surface area contributed by atoms with E-state index >= 15 is 0 Å². The second-order valence-corrected chi connectivity index (χ2v) is 4.86. The zero-order valence-corrected chi connectivity index (χ0v) is 12.0. The van der Waals surface area contributed by atoms with Gasteiger partial charge in [-0.25, -0.2) is 0 Å². The van der Waals surface area contributed by atoms with Gasteiger partial charge in [0.15, 0.2) is 0 Å². The fourth-order valence-corrected chi connectivity index (χ4v) is 2.37. The summed E-state index contributed by atoms with van der Waals surface area (Å²) in [5.41, 5.74) is 7.55. The molecule has 1 aromatic rings. The predicted molar refractivity (Wildman–Crippen MR) is 78.7 cm³/mol. The predicted octanol–water partition coefficient (Wildman–Crippen LogP) is 2.81. The summed E-state index contributed by atoms with van der Waals surface area (Å²) in [6.07, 6.45) is 3.01. The highest BCUT2D eigenvalue weighted by Gasteiger charge is 2.27. The monoisotopic (exact) mass is 296 g/mol. The van der Waals surface area contributed by atoms with Crippen molar-refractivity contribution in [3.8, 4) is 0 Å². The number of nitrogens with two attached hydrogens (primary N) is 1. The molecule has 0 aromatic heterocycles. The number of halogens is 3. The molecule has 5 heteroatoms. The van der Waals surface area contributed by atoms with E-state index in [9.17, 15) is 0 Å². The van der Waals surface area contributed by atoms with Crippen LogP contribution in [0.4, 0.5) is 0 Å². The van der Waals surface area contributed by atoms with Crippen molar-refractivity contribution in [3.05, 3.63) is 34.9 Å². The van der Waals surface area contributed by atoms with E-state index in [2.05, 4.69) is 11.4 Å². The minimum atomic E-state index is -0.0457. The third kappa shape index (κ3) is 5.02. The molecule has 0 spiro atoms. The van der Waals surface area contributed by atoms with Crippen molar-refractivity contribution in [2.75, 3.05) is 13.1 Å². The van der Waals surface area contributed by atoms with E-state index in [-0.39, 0.29) is 30.4 Å². The van der Waals surface area contributed by atoms with Crippen LogP contribution in [-0.4, -0.2) is 18.6 Å². The summed E-state index contributed by atoms with van der Waals surface area (Å²) in [5.74, 6) is 0. The molecule has 3 N–H and O–H groups in total. The molecule has 98 valence electrons. The van der Waals surface area contributed by atoms with Gasteiger partial charge in [-0.1, -0.05) is 23.7 Å². The summed E-state index contributed by atoms with van der Waals surface area (Å²) in [5, 5.41) is 4.13. The fourth-order valence-electron chi connectivity index (χ4n) is 2.15. The van der Waals surface area contributed by atoms with Crippen LogP contribution in [0, 0.1) is 0 Å². The van der Waals surface area contributed by atoms with E-state index < -0.39 is 0 Å². The molecule has 0 aliphatic carbocycles. The maximum atomic E-state index is 6.36. The van der Waals surface area contributed by atoms with Crippen LogP contribution < -0.4 is 11.1 Å². The van der Waals surface area contributed by atoms with Gasteiger partial charge >= 0.3 is 0 Å². The molecule has 1 saturated heterocycles. The van der Waals surface area contributed by atoms with E-state index in [0.29, 0.717) is 0 Å². The lowest BCUT2D eigenvalue weighted by molar-refractivity contribution is 0.308. The van der Waals surface area contributed by atoms with Crippen molar-refractivity contribution in [1.82, 2.24) is 5.32 Å². The lowest BCUT2D eigenvalue weighted by Gasteiger charge is -2.34. The van der Waals surface area contributed by atoms with Gasteiger partial charge in [-0.3, -0.25) is 0 Å². The summed E-state index contributed by atoms with van der Waals surface area (Å²) in [4.78, 5) is 0. The lowest BCUT2D eigenvalue weighted by Crippen LogP contribution is -2.50. The Labute approximate surface area is 120 Å². The highest BCUT2D eigenvalue weighted by molar-refractivity contribution is 6.30. The molecule has 0 saturated carbocycles. The molecular formula is C12H19Cl3N2. The second kappa shape index (κ2) is 7.45. The molecule has 0 unspecified atom stereocenters. The maximum Gasteiger partial charge on any atom is 0.0408 e. The maximum absolute atomic E-state index is 6.36. The highest BCUT2D eigenvalue weighted by Crippen LogP contribution is 2.22. The van der Waals surface area contributed by atoms with Gasteiger partial charge in [-0.05, 0) is 50.0 Å². The molecule has 2 nitrogen and oxygen atoms in total. The van der Waals surface area contributed by atoms with Gasteiger partial charge in [0.25, 0.3) is 0 Å². The summed E-state index contributed by atoms with van der Waals surface area (Å²) in [6, 6.07) is 8.00. The summed E-state index contributed by atoms with van der Waals surface area (Å²) < 4.78 is 0. The summed E-state index contributed by atoms with van der Waals surface area (Å²) in [7, 11) is 0. The average molecular weight is 298 g/mol. The SMILES string of the molecule is Cl.Cl.NC1(Cc2cccc(Cl)c2)CCNCC1. The first-order valence-electron chi connectivity index (χ1n) is 5.42. The minimum absolute atomic E-state index is 0. The Morgan fingerprint density at radius 1 is 1.24 bits per heavy atom. The molecule has 2 rings (SSSR count). The topological polar surface area (TPSA) is 38.0 Å². The number of hydrogen-bond acceptors (Lipinski definition) is 2. The Morgan fingerprint density at radius 2 is 1.88 bits per heavy atom. The summed E-state index contributed by atoms with van der Waals surface area (Å²) in [6.45, 7) is 2.05. The van der Waals surface area contributed by atoms with Crippen LogP contribution >= 0.6 is 36.4 Å². The molecule has 1 fully saturated rings. The number of benzene rings is 1. The highest BCUT2D eigenvalue weighted by atomic mass is 35.5. The minimum Gasteiger partial charge on any atom is -0.325 e. The molecule has 1 aromatic carbocycles. The quantitative estimate of drug-likeness (QED) is 0.881. The molecule has 0 amide bonds. The third-order valence-corrected chi connectivity index (χ3v) is 3.28. The van der Waals surface area contributed by atoms with E-state index in [0.717, 1.165) is 37.4 Å². The van der Waals surface area contributed by atoms with Crippen molar-refractivity contribution in [3.63, 3.8) is 0 Å². The largest absolute Gasteiger partial charge is 0.325 e. The number of hydrogen-bond donors (Lipinski definition) is 2. The van der Waals surface area contributed by atoms with Gasteiger partial charge in [-0.2, -0.15) is 0 Å². The zero-order chi connectivity index (χ0) is 10.7. The Kier molecular flexibility index (Phi) is 7.45. The standard InChI is InChI=1S/C12H17ClN2.2ClH/c13-11-3-1-2-10(8-11)9-12(14)4-6-15-7-5-12;;/h1-3,8,15H,4-7,9,14H2;2*1H. The van der Waals surface area contributed by atoms with Gasteiger partial charge in [0, 0.05) is 10.6 Å². The first-order valence-corrected chi connectivity index (χ1v) is 5.80. The summed E-state index contributed by atoms with van der Waals surface area (Å²) >= 11 is 5.95. The molecular weight excluding hydrogens is 279 g/mol. The number of piperidine rings is 1. The van der Waals surface area contributed by atoms with Gasteiger partial charge in [0.2, 0.25) is 0 Å². The van der Waals surface area contributed by atoms with Crippen LogP contribution in [-0.2, 0) is 6.42 Å². The molecule has 0 atom stereocenters. The van der Waals surface area contributed by atoms with Crippen LogP contribution in [0.1, 0.15) is 18.4 Å². The van der Waals surface area contributed by atoms with E-state index in [4.69, 9.17) is 17.3 Å². The first kappa shape index (κ1) is 17.0. The molecule has 1 aliphatic rings. The van der Waals surface area contributed by atoms with Crippen LogP contribution in [0.2, 0.25) is 5.02 Å². The van der Waals surface area contributed by atoms with Gasteiger partial charge < -0.3 is 11.1 Å². The molecule has 0 radical (unpaired) electrons. The smallest absolute Gasteiger partial charge is 0.0408 e. The zero-order valence-electron chi connectivity index (χ0n) is 9.62. The van der Waals surface area contributed by atoms with Gasteiger partial charge in [0.05, 0.1) is 0 Å². The van der Waals surface area contributed by atoms with Crippen molar-refractivity contribution in [2.45, 2.75) is 24.8 Å². The Hall–Kier alpha value is 0.01000. The molecule has 0 bridgehead atoms. The number of nitrogens with one attached hydrogen (secondary N) is 1. The fraction of sp³-hybridized carbons (Fsp3) is 0.500. The van der Waals surface area contributed by atoms with Gasteiger partial charge in [-0.15, -0.1) is 24.8 Å².